The van der Waals surface area contributed by atoms with Crippen LogP contribution < -0.4 is 5.32 Å². The average molecular weight is 415 g/mol. The van der Waals surface area contributed by atoms with Gasteiger partial charge in [-0.15, -0.1) is 0 Å². The quantitative estimate of drug-likeness (QED) is 0.633. The predicted octanol–water partition coefficient (Wildman–Crippen LogP) is 4.91. The number of aryl methyl sites for hydroxylation is 1. The molecule has 0 bridgehead atoms. The van der Waals surface area contributed by atoms with Gasteiger partial charge in [-0.3, -0.25) is 9.59 Å². The molecule has 0 aliphatic rings. The van der Waals surface area contributed by atoms with E-state index in [1.54, 1.807) is 11.0 Å². The van der Waals surface area contributed by atoms with Crippen LogP contribution in [0.1, 0.15) is 50.3 Å². The van der Waals surface area contributed by atoms with Gasteiger partial charge in [-0.25, -0.2) is 0 Å². The van der Waals surface area contributed by atoms with Gasteiger partial charge in [0.2, 0.25) is 11.8 Å². The van der Waals surface area contributed by atoms with E-state index in [1.165, 1.54) is 0 Å². The molecule has 0 saturated carbocycles. The Morgan fingerprint density at radius 3 is 2.28 bits per heavy atom. The molecule has 0 aliphatic carbocycles. The zero-order chi connectivity index (χ0) is 21.4. The molecule has 29 heavy (non-hydrogen) atoms. The van der Waals surface area contributed by atoms with Gasteiger partial charge in [0.1, 0.15) is 6.04 Å². The fourth-order valence-corrected chi connectivity index (χ4v) is 3.36. The van der Waals surface area contributed by atoms with Crippen LogP contribution in [0.5, 0.6) is 0 Å². The normalized spacial score (nSPS) is 12.9. The van der Waals surface area contributed by atoms with E-state index in [0.717, 1.165) is 23.1 Å². The van der Waals surface area contributed by atoms with Crippen LogP contribution in [0.4, 0.5) is 0 Å². The fourth-order valence-electron chi connectivity index (χ4n) is 3.16. The summed E-state index contributed by atoms with van der Waals surface area (Å²) in [4.78, 5) is 27.9. The van der Waals surface area contributed by atoms with Gasteiger partial charge >= 0.3 is 0 Å². The summed E-state index contributed by atoms with van der Waals surface area (Å²) in [5.74, 6) is -0.216. The fraction of sp³-hybridized carbons (Fsp3) is 0.417. The Bertz CT molecular complexity index is 820. The zero-order valence-electron chi connectivity index (χ0n) is 17.7. The Labute approximate surface area is 179 Å². The highest BCUT2D eigenvalue weighted by Gasteiger charge is 2.29. The third-order valence-electron chi connectivity index (χ3n) is 5.16. The molecule has 0 heterocycles. The van der Waals surface area contributed by atoms with E-state index in [2.05, 4.69) is 5.32 Å². The second-order valence-electron chi connectivity index (χ2n) is 7.52. The summed E-state index contributed by atoms with van der Waals surface area (Å²) in [6, 6.07) is 14.9. The number of carbonyl (C=O) groups is 2. The molecule has 0 saturated heterocycles. The van der Waals surface area contributed by atoms with Gasteiger partial charge in [0.25, 0.3) is 0 Å². The second kappa shape index (κ2) is 11.0. The molecule has 2 aromatic carbocycles. The monoisotopic (exact) mass is 414 g/mol. The molecule has 2 atom stereocenters. The molecule has 0 aliphatic heterocycles. The molecule has 0 radical (unpaired) electrons. The van der Waals surface area contributed by atoms with Gasteiger partial charge in [0.15, 0.2) is 0 Å². The number of halogens is 1. The van der Waals surface area contributed by atoms with E-state index in [4.69, 9.17) is 11.6 Å². The summed E-state index contributed by atoms with van der Waals surface area (Å²) in [5.41, 5.74) is 2.92. The van der Waals surface area contributed by atoms with Gasteiger partial charge in [0, 0.05) is 17.6 Å². The summed E-state index contributed by atoms with van der Waals surface area (Å²) < 4.78 is 0. The molecule has 5 heteroatoms. The first-order valence-corrected chi connectivity index (χ1v) is 10.6. The standard InChI is InChI=1S/C24H31ClN2O2/c1-5-18(4)26-24(29)22(6-2)27(16-19-13-11-17(3)12-14-19)23(28)15-20-9-7-8-10-21(20)25/h7-14,18,22H,5-6,15-16H2,1-4H3,(H,26,29). The smallest absolute Gasteiger partial charge is 0.243 e. The topological polar surface area (TPSA) is 49.4 Å². The summed E-state index contributed by atoms with van der Waals surface area (Å²) in [6.45, 7) is 8.35. The summed E-state index contributed by atoms with van der Waals surface area (Å²) in [6.07, 6.45) is 1.55. The number of hydrogen-bond donors (Lipinski definition) is 1. The Hall–Kier alpha value is -2.33. The third-order valence-corrected chi connectivity index (χ3v) is 5.53. The van der Waals surface area contributed by atoms with E-state index >= 15 is 0 Å². The minimum atomic E-state index is -0.528. The Balaban J connectivity index is 2.29. The maximum absolute atomic E-state index is 13.3. The highest BCUT2D eigenvalue weighted by Crippen LogP contribution is 2.19. The van der Waals surface area contributed by atoms with Crippen molar-refractivity contribution in [1.29, 1.82) is 0 Å². The van der Waals surface area contributed by atoms with Gasteiger partial charge in [-0.1, -0.05) is 73.5 Å². The van der Waals surface area contributed by atoms with Crippen LogP contribution in [0.3, 0.4) is 0 Å². The van der Waals surface area contributed by atoms with Crippen LogP contribution in [0, 0.1) is 6.92 Å². The highest BCUT2D eigenvalue weighted by molar-refractivity contribution is 6.31. The molecule has 2 rings (SSSR count). The number of benzene rings is 2. The van der Waals surface area contributed by atoms with Gasteiger partial charge in [0.05, 0.1) is 6.42 Å². The van der Waals surface area contributed by atoms with Crippen LogP contribution in [0.25, 0.3) is 0 Å². The average Bonchev–Trinajstić information content (AvgIpc) is 2.70. The van der Waals surface area contributed by atoms with E-state index in [9.17, 15) is 9.59 Å². The molecule has 1 N–H and O–H groups in total. The summed E-state index contributed by atoms with van der Waals surface area (Å²) >= 11 is 6.26. The SMILES string of the molecule is CCC(C)NC(=O)C(CC)N(Cc1ccc(C)cc1)C(=O)Cc1ccccc1Cl. The van der Waals surface area contributed by atoms with Crippen molar-refractivity contribution in [1.82, 2.24) is 10.2 Å². The van der Waals surface area contributed by atoms with Gasteiger partial charge < -0.3 is 10.2 Å². The van der Waals surface area contributed by atoms with Crippen molar-refractivity contribution < 1.29 is 9.59 Å². The van der Waals surface area contributed by atoms with Gasteiger partial charge in [-0.2, -0.15) is 0 Å². The lowest BCUT2D eigenvalue weighted by Crippen LogP contribution is -2.51. The summed E-state index contributed by atoms with van der Waals surface area (Å²) in [5, 5.41) is 3.59. The zero-order valence-corrected chi connectivity index (χ0v) is 18.5. The molecule has 2 amide bonds. The maximum Gasteiger partial charge on any atom is 0.243 e. The van der Waals surface area contributed by atoms with Crippen molar-refractivity contribution in [2.24, 2.45) is 0 Å². The van der Waals surface area contributed by atoms with Crippen LogP contribution in [0.15, 0.2) is 48.5 Å². The Morgan fingerprint density at radius 1 is 1.03 bits per heavy atom. The number of hydrogen-bond acceptors (Lipinski definition) is 2. The van der Waals surface area contributed by atoms with Gasteiger partial charge in [-0.05, 0) is 43.9 Å². The first kappa shape index (κ1) is 23.0. The lowest BCUT2D eigenvalue weighted by molar-refractivity contribution is -0.141. The van der Waals surface area contributed by atoms with E-state index in [1.807, 2.05) is 70.2 Å². The van der Waals surface area contributed by atoms with Crippen molar-refractivity contribution in [2.75, 3.05) is 0 Å². The number of rotatable bonds is 9. The van der Waals surface area contributed by atoms with Crippen molar-refractivity contribution in [2.45, 2.75) is 65.6 Å². The minimum absolute atomic E-state index is 0.0662. The molecular formula is C24H31ClN2O2. The van der Waals surface area contributed by atoms with Crippen molar-refractivity contribution in [3.05, 3.63) is 70.2 Å². The van der Waals surface area contributed by atoms with Crippen LogP contribution in [-0.2, 0) is 22.6 Å². The predicted molar refractivity (Wildman–Crippen MR) is 119 cm³/mol. The largest absolute Gasteiger partial charge is 0.352 e. The van der Waals surface area contributed by atoms with E-state index in [0.29, 0.717) is 18.0 Å². The molecule has 2 aromatic rings. The first-order chi connectivity index (χ1) is 13.8. The van der Waals surface area contributed by atoms with Crippen LogP contribution in [0.2, 0.25) is 5.02 Å². The molecule has 0 aromatic heterocycles. The Kier molecular flexibility index (Phi) is 8.71. The molecule has 156 valence electrons. The third kappa shape index (κ3) is 6.60. The number of nitrogens with zero attached hydrogens (tertiary/aromatic N) is 1. The van der Waals surface area contributed by atoms with E-state index in [-0.39, 0.29) is 24.3 Å². The maximum atomic E-state index is 13.3. The van der Waals surface area contributed by atoms with Crippen molar-refractivity contribution in [3.63, 3.8) is 0 Å². The lowest BCUT2D eigenvalue weighted by Gasteiger charge is -2.31. The molecule has 0 spiro atoms. The molecule has 4 nitrogen and oxygen atoms in total. The number of carbonyl (C=O) groups excluding carboxylic acids is 2. The molecule has 0 fully saturated rings. The van der Waals surface area contributed by atoms with E-state index < -0.39 is 6.04 Å². The van der Waals surface area contributed by atoms with Crippen molar-refractivity contribution in [3.8, 4) is 0 Å². The number of amides is 2. The minimum Gasteiger partial charge on any atom is -0.352 e. The first-order valence-electron chi connectivity index (χ1n) is 10.2. The Morgan fingerprint density at radius 2 is 1.69 bits per heavy atom. The van der Waals surface area contributed by atoms with Crippen LogP contribution >= 0.6 is 11.6 Å². The highest BCUT2D eigenvalue weighted by atomic mass is 35.5. The lowest BCUT2D eigenvalue weighted by atomic mass is 10.1. The molecule has 2 unspecified atom stereocenters. The van der Waals surface area contributed by atoms with Crippen molar-refractivity contribution >= 4 is 23.4 Å². The summed E-state index contributed by atoms with van der Waals surface area (Å²) in [7, 11) is 0. The second-order valence-corrected chi connectivity index (χ2v) is 7.92. The molecular weight excluding hydrogens is 384 g/mol. The van der Waals surface area contributed by atoms with Crippen LogP contribution in [-0.4, -0.2) is 28.8 Å². The number of nitrogens with one attached hydrogen (secondary N) is 1.